The molecule has 0 saturated carbocycles. The SMILES string of the molecule is S=C(NC1=Nc2ccccc2CS1)Nc1ccc(Br)cc1. The summed E-state index contributed by atoms with van der Waals surface area (Å²) >= 11 is 10.4. The summed E-state index contributed by atoms with van der Waals surface area (Å²) in [5.74, 6) is 0.906. The highest BCUT2D eigenvalue weighted by Gasteiger charge is 2.12. The van der Waals surface area contributed by atoms with Crippen molar-refractivity contribution in [2.75, 3.05) is 5.32 Å². The first-order valence-corrected chi connectivity index (χ1v) is 8.52. The van der Waals surface area contributed by atoms with Gasteiger partial charge in [0.2, 0.25) is 0 Å². The molecule has 1 heterocycles. The topological polar surface area (TPSA) is 36.4 Å². The van der Waals surface area contributed by atoms with Gasteiger partial charge in [0.25, 0.3) is 0 Å². The van der Waals surface area contributed by atoms with Crippen LogP contribution in [0.3, 0.4) is 0 Å². The zero-order chi connectivity index (χ0) is 14.7. The molecule has 0 radical (unpaired) electrons. The van der Waals surface area contributed by atoms with Crippen molar-refractivity contribution in [1.29, 1.82) is 0 Å². The molecule has 6 heteroatoms. The van der Waals surface area contributed by atoms with Crippen molar-refractivity contribution in [3.05, 3.63) is 58.6 Å². The maximum absolute atomic E-state index is 5.32. The van der Waals surface area contributed by atoms with Crippen LogP contribution in [0.25, 0.3) is 0 Å². The maximum atomic E-state index is 5.32. The van der Waals surface area contributed by atoms with Crippen LogP contribution in [-0.2, 0) is 5.75 Å². The molecule has 0 unspecified atom stereocenters. The molecular weight excluding hydrogens is 366 g/mol. The number of nitrogens with zero attached hydrogens (tertiary/aromatic N) is 1. The van der Waals surface area contributed by atoms with Gasteiger partial charge < -0.3 is 10.6 Å². The fraction of sp³-hybridized carbons (Fsp3) is 0.0667. The zero-order valence-corrected chi connectivity index (χ0v) is 14.2. The molecule has 0 aromatic heterocycles. The highest BCUT2D eigenvalue weighted by Crippen LogP contribution is 2.29. The Morgan fingerprint density at radius 1 is 1.10 bits per heavy atom. The van der Waals surface area contributed by atoms with Crippen LogP contribution in [0.4, 0.5) is 11.4 Å². The van der Waals surface area contributed by atoms with E-state index >= 15 is 0 Å². The number of halogens is 1. The highest BCUT2D eigenvalue weighted by molar-refractivity contribution is 9.10. The Bertz CT molecular complexity index is 698. The van der Waals surface area contributed by atoms with Gasteiger partial charge in [0.15, 0.2) is 10.3 Å². The minimum Gasteiger partial charge on any atom is -0.332 e. The van der Waals surface area contributed by atoms with Crippen molar-refractivity contribution >= 4 is 61.6 Å². The molecule has 0 spiro atoms. The van der Waals surface area contributed by atoms with Crippen molar-refractivity contribution < 1.29 is 0 Å². The number of benzene rings is 2. The van der Waals surface area contributed by atoms with E-state index in [0.717, 1.165) is 26.8 Å². The van der Waals surface area contributed by atoms with Crippen molar-refractivity contribution in [2.45, 2.75) is 5.75 Å². The normalized spacial score (nSPS) is 13.1. The van der Waals surface area contributed by atoms with E-state index in [1.165, 1.54) is 5.56 Å². The lowest BCUT2D eigenvalue weighted by atomic mass is 10.2. The standard InChI is InChI=1S/C15H12BrN3S2/c16-11-5-7-12(8-6-11)17-14(20)19-15-18-13-4-2-1-3-10(13)9-21-15/h1-8H,9H2,(H2,17,18,19,20). The van der Waals surface area contributed by atoms with Gasteiger partial charge in [-0.15, -0.1) is 0 Å². The van der Waals surface area contributed by atoms with Gasteiger partial charge in [0.05, 0.1) is 5.69 Å². The molecule has 0 fully saturated rings. The molecule has 1 aliphatic rings. The summed E-state index contributed by atoms with van der Waals surface area (Å²) in [6.45, 7) is 0. The third-order valence-electron chi connectivity index (χ3n) is 2.90. The van der Waals surface area contributed by atoms with Crippen molar-refractivity contribution in [2.24, 2.45) is 4.99 Å². The average Bonchev–Trinajstić information content (AvgIpc) is 2.49. The van der Waals surface area contributed by atoms with Gasteiger partial charge in [0, 0.05) is 15.9 Å². The van der Waals surface area contributed by atoms with E-state index in [4.69, 9.17) is 12.2 Å². The summed E-state index contributed by atoms with van der Waals surface area (Å²) in [4.78, 5) is 4.57. The summed E-state index contributed by atoms with van der Waals surface area (Å²) < 4.78 is 1.04. The monoisotopic (exact) mass is 377 g/mol. The summed E-state index contributed by atoms with van der Waals surface area (Å²) in [6, 6.07) is 16.0. The summed E-state index contributed by atoms with van der Waals surface area (Å²) in [6.07, 6.45) is 0. The molecule has 0 atom stereocenters. The maximum Gasteiger partial charge on any atom is 0.176 e. The zero-order valence-electron chi connectivity index (χ0n) is 11.0. The van der Waals surface area contributed by atoms with E-state index in [9.17, 15) is 0 Å². The van der Waals surface area contributed by atoms with Gasteiger partial charge in [-0.2, -0.15) is 0 Å². The molecule has 106 valence electrons. The highest BCUT2D eigenvalue weighted by atomic mass is 79.9. The first kappa shape index (κ1) is 14.6. The number of amidine groups is 1. The number of fused-ring (bicyclic) bond motifs is 1. The van der Waals surface area contributed by atoms with Crippen molar-refractivity contribution in [3.63, 3.8) is 0 Å². The number of thiocarbonyl (C=S) groups is 1. The lowest BCUT2D eigenvalue weighted by Gasteiger charge is -2.17. The smallest absolute Gasteiger partial charge is 0.176 e. The Hall–Kier alpha value is -1.37. The lowest BCUT2D eigenvalue weighted by Crippen LogP contribution is -2.33. The molecule has 21 heavy (non-hydrogen) atoms. The second kappa shape index (κ2) is 6.60. The van der Waals surface area contributed by atoms with Gasteiger partial charge >= 0.3 is 0 Å². The number of rotatable bonds is 1. The molecule has 0 amide bonds. The van der Waals surface area contributed by atoms with Crippen LogP contribution < -0.4 is 10.6 Å². The summed E-state index contributed by atoms with van der Waals surface area (Å²) in [5, 5.41) is 7.66. The fourth-order valence-corrected chi connectivity index (χ4v) is 3.30. The van der Waals surface area contributed by atoms with Crippen LogP contribution >= 0.6 is 39.9 Å². The largest absolute Gasteiger partial charge is 0.332 e. The molecule has 0 aliphatic carbocycles. The number of hydrogen-bond acceptors (Lipinski definition) is 3. The molecule has 1 aliphatic heterocycles. The van der Waals surface area contributed by atoms with E-state index in [1.54, 1.807) is 11.8 Å². The van der Waals surface area contributed by atoms with Crippen molar-refractivity contribution in [1.82, 2.24) is 5.32 Å². The molecule has 3 nitrogen and oxygen atoms in total. The third kappa shape index (κ3) is 3.84. The fourth-order valence-electron chi connectivity index (χ4n) is 1.89. The Morgan fingerprint density at radius 3 is 2.67 bits per heavy atom. The Balaban J connectivity index is 1.66. The van der Waals surface area contributed by atoms with E-state index in [0.29, 0.717) is 5.11 Å². The minimum absolute atomic E-state index is 0.544. The van der Waals surface area contributed by atoms with Crippen LogP contribution in [0.5, 0.6) is 0 Å². The predicted octanol–water partition coefficient (Wildman–Crippen LogP) is 4.67. The lowest BCUT2D eigenvalue weighted by molar-refractivity contribution is 1.31. The van der Waals surface area contributed by atoms with E-state index in [2.05, 4.69) is 37.6 Å². The molecule has 0 saturated heterocycles. The third-order valence-corrected chi connectivity index (χ3v) is 4.56. The second-order valence-electron chi connectivity index (χ2n) is 4.42. The molecule has 2 N–H and O–H groups in total. The molecule has 0 bridgehead atoms. The molecular formula is C15H12BrN3S2. The molecule has 2 aromatic carbocycles. The van der Waals surface area contributed by atoms with Crippen LogP contribution in [0.15, 0.2) is 58.0 Å². The number of anilines is 1. The first-order chi connectivity index (χ1) is 10.2. The van der Waals surface area contributed by atoms with Gasteiger partial charge in [-0.25, -0.2) is 4.99 Å². The number of aliphatic imine (C=N–C) groups is 1. The number of nitrogens with one attached hydrogen (secondary N) is 2. The molecule has 2 aromatic rings. The van der Waals surface area contributed by atoms with Gasteiger partial charge in [-0.1, -0.05) is 45.9 Å². The second-order valence-corrected chi connectivity index (χ2v) is 6.71. The Kier molecular flexibility index (Phi) is 4.57. The summed E-state index contributed by atoms with van der Waals surface area (Å²) in [7, 11) is 0. The van der Waals surface area contributed by atoms with E-state index in [1.807, 2.05) is 42.5 Å². The van der Waals surface area contributed by atoms with Gasteiger partial charge in [0.1, 0.15) is 0 Å². The minimum atomic E-state index is 0.544. The van der Waals surface area contributed by atoms with Crippen molar-refractivity contribution in [3.8, 4) is 0 Å². The van der Waals surface area contributed by atoms with Crippen LogP contribution in [-0.4, -0.2) is 10.3 Å². The number of thioether (sulfide) groups is 1. The van der Waals surface area contributed by atoms with Crippen LogP contribution in [0.2, 0.25) is 0 Å². The number of para-hydroxylation sites is 1. The van der Waals surface area contributed by atoms with Gasteiger partial charge in [-0.3, -0.25) is 0 Å². The van der Waals surface area contributed by atoms with Gasteiger partial charge in [-0.05, 0) is 48.1 Å². The predicted molar refractivity (Wildman–Crippen MR) is 98.3 cm³/mol. The number of hydrogen-bond donors (Lipinski definition) is 2. The van der Waals surface area contributed by atoms with Crippen LogP contribution in [0, 0.1) is 0 Å². The van der Waals surface area contributed by atoms with E-state index < -0.39 is 0 Å². The van der Waals surface area contributed by atoms with Crippen LogP contribution in [0.1, 0.15) is 5.56 Å². The van der Waals surface area contributed by atoms with E-state index in [-0.39, 0.29) is 0 Å². The Labute approximate surface area is 141 Å². The average molecular weight is 378 g/mol. The quantitative estimate of drug-likeness (QED) is 0.707. The summed E-state index contributed by atoms with van der Waals surface area (Å²) in [5.41, 5.74) is 3.20. The Morgan fingerprint density at radius 2 is 1.86 bits per heavy atom. The first-order valence-electron chi connectivity index (χ1n) is 6.34. The molecule has 3 rings (SSSR count).